The molecule has 3 nitrogen and oxygen atoms in total. The van der Waals surface area contributed by atoms with Crippen LogP contribution in [0.1, 0.15) is 26.6 Å². The van der Waals surface area contributed by atoms with Crippen LogP contribution in [0.4, 0.5) is 4.39 Å². The Labute approximate surface area is 100 Å². The molecule has 1 aromatic heterocycles. The Morgan fingerprint density at radius 3 is 2.76 bits per heavy atom. The summed E-state index contributed by atoms with van der Waals surface area (Å²) in [5.74, 6) is 0.556. The number of hydrogen-bond acceptors (Lipinski definition) is 2. The van der Waals surface area contributed by atoms with Gasteiger partial charge in [-0.05, 0) is 23.6 Å². The van der Waals surface area contributed by atoms with Gasteiger partial charge in [0, 0.05) is 12.5 Å². The van der Waals surface area contributed by atoms with Gasteiger partial charge < -0.3 is 10.7 Å². The van der Waals surface area contributed by atoms with Crippen molar-refractivity contribution in [1.29, 1.82) is 0 Å². The molecule has 0 saturated heterocycles. The molecule has 0 radical (unpaired) electrons. The second-order valence-electron chi connectivity index (χ2n) is 5.52. The van der Waals surface area contributed by atoms with Crippen LogP contribution in [0, 0.1) is 11.2 Å². The number of H-pyrrole nitrogens is 1. The Morgan fingerprint density at radius 1 is 1.41 bits per heavy atom. The van der Waals surface area contributed by atoms with Gasteiger partial charge in [0.2, 0.25) is 0 Å². The predicted octanol–water partition coefficient (Wildman–Crippen LogP) is 2.62. The Hall–Kier alpha value is -1.42. The highest BCUT2D eigenvalue weighted by atomic mass is 19.1. The predicted molar refractivity (Wildman–Crippen MR) is 67.2 cm³/mol. The first kappa shape index (κ1) is 12.0. The molecule has 17 heavy (non-hydrogen) atoms. The number of nitrogens with zero attached hydrogens (tertiary/aromatic N) is 1. The van der Waals surface area contributed by atoms with Gasteiger partial charge in [0.05, 0.1) is 11.0 Å². The topological polar surface area (TPSA) is 54.7 Å². The number of imidazole rings is 1. The van der Waals surface area contributed by atoms with Gasteiger partial charge in [-0.25, -0.2) is 9.37 Å². The van der Waals surface area contributed by atoms with Crippen LogP contribution < -0.4 is 5.73 Å². The van der Waals surface area contributed by atoms with Crippen molar-refractivity contribution in [2.75, 3.05) is 0 Å². The minimum Gasteiger partial charge on any atom is -0.342 e. The molecule has 2 aromatic rings. The van der Waals surface area contributed by atoms with Crippen LogP contribution in [-0.4, -0.2) is 16.0 Å². The number of rotatable bonds is 2. The van der Waals surface area contributed by atoms with Crippen LogP contribution >= 0.6 is 0 Å². The summed E-state index contributed by atoms with van der Waals surface area (Å²) in [4.78, 5) is 7.51. The maximum absolute atomic E-state index is 13.0. The summed E-state index contributed by atoms with van der Waals surface area (Å²) in [6, 6.07) is 4.56. The fourth-order valence-corrected chi connectivity index (χ4v) is 1.65. The van der Waals surface area contributed by atoms with Crippen LogP contribution in [0.25, 0.3) is 11.0 Å². The van der Waals surface area contributed by atoms with Crippen LogP contribution in [0.5, 0.6) is 0 Å². The van der Waals surface area contributed by atoms with E-state index in [0.29, 0.717) is 6.42 Å². The van der Waals surface area contributed by atoms with E-state index in [1.165, 1.54) is 12.1 Å². The molecule has 3 N–H and O–H groups in total. The third-order valence-corrected chi connectivity index (χ3v) is 3.02. The molecular formula is C13H18FN3. The van der Waals surface area contributed by atoms with Crippen LogP contribution in [0.3, 0.4) is 0 Å². The highest BCUT2D eigenvalue weighted by Gasteiger charge is 2.22. The average Bonchev–Trinajstić information content (AvgIpc) is 2.57. The summed E-state index contributed by atoms with van der Waals surface area (Å²) in [5.41, 5.74) is 7.64. The monoisotopic (exact) mass is 235 g/mol. The van der Waals surface area contributed by atoms with Crippen molar-refractivity contribution in [2.24, 2.45) is 11.1 Å². The molecule has 0 fully saturated rings. The SMILES string of the molecule is CC(C)(C)C(N)Cc1nc2ccc(F)cc2[nH]1. The molecule has 0 aliphatic heterocycles. The maximum atomic E-state index is 13.0. The molecular weight excluding hydrogens is 217 g/mol. The van der Waals surface area contributed by atoms with Crippen LogP contribution in [0.2, 0.25) is 0 Å². The molecule has 4 heteroatoms. The molecule has 0 spiro atoms. The van der Waals surface area contributed by atoms with Gasteiger partial charge in [-0.3, -0.25) is 0 Å². The van der Waals surface area contributed by atoms with Crippen molar-refractivity contribution in [3.8, 4) is 0 Å². The molecule has 1 heterocycles. The maximum Gasteiger partial charge on any atom is 0.125 e. The number of nitrogens with one attached hydrogen (secondary N) is 1. The van der Waals surface area contributed by atoms with Gasteiger partial charge in [0.25, 0.3) is 0 Å². The normalized spacial score (nSPS) is 14.2. The zero-order valence-electron chi connectivity index (χ0n) is 10.4. The molecule has 1 atom stereocenters. The largest absolute Gasteiger partial charge is 0.342 e. The number of aromatic amines is 1. The fourth-order valence-electron chi connectivity index (χ4n) is 1.65. The zero-order valence-corrected chi connectivity index (χ0v) is 10.4. The number of nitrogens with two attached hydrogens (primary N) is 1. The first-order valence-corrected chi connectivity index (χ1v) is 5.76. The van der Waals surface area contributed by atoms with E-state index in [0.717, 1.165) is 16.9 Å². The van der Waals surface area contributed by atoms with Gasteiger partial charge in [0.15, 0.2) is 0 Å². The number of aromatic nitrogens is 2. The lowest BCUT2D eigenvalue weighted by atomic mass is 9.85. The highest BCUT2D eigenvalue weighted by molar-refractivity contribution is 5.74. The second kappa shape index (κ2) is 4.11. The summed E-state index contributed by atoms with van der Waals surface area (Å²) >= 11 is 0. The lowest BCUT2D eigenvalue weighted by Gasteiger charge is -2.26. The molecule has 1 unspecified atom stereocenters. The number of fused-ring (bicyclic) bond motifs is 1. The summed E-state index contributed by atoms with van der Waals surface area (Å²) in [7, 11) is 0. The smallest absolute Gasteiger partial charge is 0.125 e. The Bertz CT molecular complexity index is 525. The van der Waals surface area contributed by atoms with Crippen molar-refractivity contribution >= 4 is 11.0 Å². The quantitative estimate of drug-likeness (QED) is 0.840. The van der Waals surface area contributed by atoms with Crippen molar-refractivity contribution in [3.63, 3.8) is 0 Å². The van der Waals surface area contributed by atoms with Crippen LogP contribution in [0.15, 0.2) is 18.2 Å². The standard InChI is InChI=1S/C13H18FN3/c1-13(2,3)11(15)7-12-16-9-5-4-8(14)6-10(9)17-12/h4-6,11H,7,15H2,1-3H3,(H,16,17). The minimum absolute atomic E-state index is 0.0212. The van der Waals surface area contributed by atoms with E-state index >= 15 is 0 Å². The lowest BCUT2D eigenvalue weighted by molar-refractivity contribution is 0.315. The summed E-state index contributed by atoms with van der Waals surface area (Å²) in [6.07, 6.45) is 0.666. The van der Waals surface area contributed by atoms with Gasteiger partial charge in [-0.2, -0.15) is 0 Å². The van der Waals surface area contributed by atoms with Crippen molar-refractivity contribution < 1.29 is 4.39 Å². The molecule has 0 aliphatic rings. The second-order valence-corrected chi connectivity index (χ2v) is 5.52. The number of halogens is 1. The van der Waals surface area contributed by atoms with E-state index in [2.05, 4.69) is 30.7 Å². The van der Waals surface area contributed by atoms with Crippen molar-refractivity contribution in [1.82, 2.24) is 9.97 Å². The fraction of sp³-hybridized carbons (Fsp3) is 0.462. The van der Waals surface area contributed by atoms with Gasteiger partial charge in [-0.15, -0.1) is 0 Å². The molecule has 1 aromatic carbocycles. The zero-order chi connectivity index (χ0) is 12.6. The highest BCUT2D eigenvalue weighted by Crippen LogP contribution is 2.21. The van der Waals surface area contributed by atoms with Crippen LogP contribution in [-0.2, 0) is 6.42 Å². The lowest BCUT2D eigenvalue weighted by Crippen LogP contribution is -2.37. The van der Waals surface area contributed by atoms with E-state index in [-0.39, 0.29) is 17.3 Å². The molecule has 0 saturated carbocycles. The van der Waals surface area contributed by atoms with E-state index in [9.17, 15) is 4.39 Å². The number of benzene rings is 1. The minimum atomic E-state index is -0.257. The van der Waals surface area contributed by atoms with E-state index in [4.69, 9.17) is 5.73 Å². The summed E-state index contributed by atoms with van der Waals surface area (Å²) < 4.78 is 13.0. The van der Waals surface area contributed by atoms with E-state index in [1.807, 2.05) is 0 Å². The van der Waals surface area contributed by atoms with E-state index < -0.39 is 0 Å². The first-order valence-electron chi connectivity index (χ1n) is 5.76. The van der Waals surface area contributed by atoms with Crippen molar-refractivity contribution in [2.45, 2.75) is 33.2 Å². The van der Waals surface area contributed by atoms with E-state index in [1.54, 1.807) is 6.07 Å². The van der Waals surface area contributed by atoms with Gasteiger partial charge in [-0.1, -0.05) is 20.8 Å². The molecule has 0 aliphatic carbocycles. The Balaban J connectivity index is 2.25. The van der Waals surface area contributed by atoms with Gasteiger partial charge in [0.1, 0.15) is 11.6 Å². The van der Waals surface area contributed by atoms with Gasteiger partial charge >= 0.3 is 0 Å². The first-order chi connectivity index (χ1) is 7.86. The molecule has 0 amide bonds. The Kier molecular flexibility index (Phi) is 2.91. The molecule has 2 rings (SSSR count). The Morgan fingerprint density at radius 2 is 2.12 bits per heavy atom. The number of hydrogen-bond donors (Lipinski definition) is 2. The third kappa shape index (κ3) is 2.64. The average molecular weight is 235 g/mol. The van der Waals surface area contributed by atoms with Crippen molar-refractivity contribution in [3.05, 3.63) is 29.8 Å². The summed E-state index contributed by atoms with van der Waals surface area (Å²) in [6.45, 7) is 6.29. The third-order valence-electron chi connectivity index (χ3n) is 3.02. The molecule has 92 valence electrons. The summed E-state index contributed by atoms with van der Waals surface area (Å²) in [5, 5.41) is 0. The molecule has 0 bridgehead atoms.